The van der Waals surface area contributed by atoms with Crippen molar-refractivity contribution in [1.29, 1.82) is 0 Å². The number of hydrogen-bond acceptors (Lipinski definition) is 12. The maximum Gasteiger partial charge on any atom is 0.356 e. The van der Waals surface area contributed by atoms with Crippen LogP contribution in [0, 0.1) is 55.4 Å². The van der Waals surface area contributed by atoms with Gasteiger partial charge in [0.05, 0.1) is 18.2 Å². The first kappa shape index (κ1) is 42.8. The predicted molar refractivity (Wildman–Crippen MR) is 211 cm³/mol. The van der Waals surface area contributed by atoms with Crippen LogP contribution in [0.25, 0.3) is 0 Å². The molecule has 1 atom stereocenters. The summed E-state index contributed by atoms with van der Waals surface area (Å²) in [5.74, 6) is -5.24. The van der Waals surface area contributed by atoms with Crippen molar-refractivity contribution in [3.8, 4) is 23.0 Å². The van der Waals surface area contributed by atoms with E-state index in [0.29, 0.717) is 65.0 Å². The van der Waals surface area contributed by atoms with E-state index in [4.69, 9.17) is 23.7 Å². The largest absolute Gasteiger partial charge is 0.506 e. The summed E-state index contributed by atoms with van der Waals surface area (Å²) in [4.78, 5) is 65.7. The lowest BCUT2D eigenvalue weighted by molar-refractivity contribution is -0.151. The molecule has 0 bridgehead atoms. The van der Waals surface area contributed by atoms with E-state index in [1.807, 2.05) is 0 Å². The van der Waals surface area contributed by atoms with Crippen LogP contribution in [-0.4, -0.2) is 70.9 Å². The molecule has 0 unspecified atom stereocenters. The summed E-state index contributed by atoms with van der Waals surface area (Å²) in [5, 5.41) is 32.6. The van der Waals surface area contributed by atoms with Gasteiger partial charge in [0.2, 0.25) is 5.60 Å². The number of methoxy groups -OCH3 is 1. The molecule has 14 heteroatoms. The number of halogens is 1. The lowest BCUT2D eigenvalue weighted by Crippen LogP contribution is -2.47. The number of ether oxygens (including phenoxy) is 5. The van der Waals surface area contributed by atoms with Gasteiger partial charge in [-0.05, 0) is 159 Å². The third-order valence-corrected chi connectivity index (χ3v) is 11.9. The molecule has 0 amide bonds. The number of aryl methyl sites for hydroxylation is 1. The minimum Gasteiger partial charge on any atom is -0.506 e. The predicted octanol–water partition coefficient (Wildman–Crippen LogP) is 7.35. The number of carboxylic acids is 1. The van der Waals surface area contributed by atoms with Gasteiger partial charge >= 0.3 is 23.9 Å². The minimum absolute atomic E-state index is 0.0400. The molecule has 0 aromatic heterocycles. The summed E-state index contributed by atoms with van der Waals surface area (Å²) >= 11 is 3.25. The molecule has 0 spiro atoms. The normalized spacial score (nSPS) is 17.1. The molecule has 302 valence electrons. The van der Waals surface area contributed by atoms with Crippen LogP contribution in [-0.2, 0) is 19.1 Å². The highest BCUT2D eigenvalue weighted by Gasteiger charge is 2.48. The first-order valence-electron chi connectivity index (χ1n) is 18.1. The Morgan fingerprint density at radius 2 is 1.30 bits per heavy atom. The highest BCUT2D eigenvalue weighted by molar-refractivity contribution is 9.10. The smallest absolute Gasteiger partial charge is 0.356 e. The van der Waals surface area contributed by atoms with E-state index in [-0.39, 0.29) is 66.8 Å². The number of hydrogen-bond donors (Lipinski definition) is 3. The third kappa shape index (κ3) is 7.49. The Morgan fingerprint density at radius 1 is 0.754 bits per heavy atom. The highest BCUT2D eigenvalue weighted by Crippen LogP contribution is 2.45. The van der Waals surface area contributed by atoms with Crippen molar-refractivity contribution < 1.29 is 63.0 Å². The van der Waals surface area contributed by atoms with E-state index < -0.39 is 41.0 Å². The van der Waals surface area contributed by atoms with Crippen LogP contribution in [0.2, 0.25) is 0 Å². The number of aromatic hydroxyl groups is 1. The van der Waals surface area contributed by atoms with Crippen LogP contribution in [0.4, 0.5) is 0 Å². The number of allylic oxidation sites excluding steroid dienone is 2. The van der Waals surface area contributed by atoms with Crippen molar-refractivity contribution in [2.75, 3.05) is 20.3 Å². The Labute approximate surface area is 338 Å². The Balaban J connectivity index is 1.54. The number of aliphatic hydroxyl groups is 1. The van der Waals surface area contributed by atoms with Gasteiger partial charge in [0.15, 0.2) is 11.5 Å². The molecule has 1 aliphatic heterocycles. The Bertz CT molecular complexity index is 2270. The number of phenolic OH excluding ortho intramolecular Hbond substituents is 1. The van der Waals surface area contributed by atoms with E-state index in [0.717, 1.165) is 12.2 Å². The maximum absolute atomic E-state index is 14.1. The van der Waals surface area contributed by atoms with Gasteiger partial charge in [-0.25, -0.2) is 19.2 Å². The van der Waals surface area contributed by atoms with Crippen molar-refractivity contribution in [3.05, 3.63) is 101 Å². The third-order valence-electron chi connectivity index (χ3n) is 11.2. The van der Waals surface area contributed by atoms with E-state index in [2.05, 4.69) is 15.9 Å². The Kier molecular flexibility index (Phi) is 12.2. The number of phenols is 1. The van der Waals surface area contributed by atoms with Crippen LogP contribution in [0.5, 0.6) is 23.0 Å². The fourth-order valence-corrected chi connectivity index (χ4v) is 8.19. The molecule has 3 N–H and O–H groups in total. The zero-order valence-electron chi connectivity index (χ0n) is 33.4. The molecule has 3 aromatic rings. The van der Waals surface area contributed by atoms with Crippen LogP contribution in [0.1, 0.15) is 107 Å². The number of carbonyl (C=O) groups is 5. The monoisotopic (exact) mass is 848 g/mol. The van der Waals surface area contributed by atoms with Crippen molar-refractivity contribution >= 4 is 45.6 Å². The number of benzene rings is 3. The summed E-state index contributed by atoms with van der Waals surface area (Å²) < 4.78 is 28.3. The molecule has 1 fully saturated rings. The molecule has 5 rings (SSSR count). The SMILES string of the molecule is COC1=CC(=O)C=C(C)[C@]1(O)C(=O)Oc1c(C)c(C)c(C(=O)Oc2cc(C)c(C(=O)Oc3c(C)c(C)c(C(=O)O)c(C)c3C)c(C)c2C2CCOCC2)c(O)c1Br. The van der Waals surface area contributed by atoms with Gasteiger partial charge in [0, 0.05) is 24.9 Å². The zero-order chi connectivity index (χ0) is 42.4. The van der Waals surface area contributed by atoms with Crippen LogP contribution < -0.4 is 14.2 Å². The number of rotatable bonds is 9. The average molecular weight is 850 g/mol. The van der Waals surface area contributed by atoms with Crippen molar-refractivity contribution in [2.45, 2.75) is 86.7 Å². The molecule has 1 heterocycles. The van der Waals surface area contributed by atoms with E-state index in [1.54, 1.807) is 54.5 Å². The lowest BCUT2D eigenvalue weighted by Gasteiger charge is -2.30. The van der Waals surface area contributed by atoms with E-state index in [9.17, 15) is 39.3 Å². The quantitative estimate of drug-likeness (QED) is 0.143. The van der Waals surface area contributed by atoms with Gasteiger partial charge in [-0.3, -0.25) is 4.79 Å². The molecule has 1 aliphatic carbocycles. The lowest BCUT2D eigenvalue weighted by atomic mass is 9.84. The molecule has 1 saturated heterocycles. The van der Waals surface area contributed by atoms with Crippen molar-refractivity contribution in [2.24, 2.45) is 0 Å². The van der Waals surface area contributed by atoms with Crippen LogP contribution >= 0.6 is 15.9 Å². The van der Waals surface area contributed by atoms with Gasteiger partial charge < -0.3 is 39.0 Å². The summed E-state index contributed by atoms with van der Waals surface area (Å²) in [7, 11) is 1.19. The van der Waals surface area contributed by atoms with Gasteiger partial charge in [0.25, 0.3) is 0 Å². The first-order chi connectivity index (χ1) is 26.7. The van der Waals surface area contributed by atoms with E-state index >= 15 is 0 Å². The van der Waals surface area contributed by atoms with E-state index in [1.165, 1.54) is 21.0 Å². The molecule has 3 aromatic carbocycles. The minimum atomic E-state index is -2.44. The van der Waals surface area contributed by atoms with Crippen molar-refractivity contribution in [3.63, 3.8) is 0 Å². The molecule has 0 saturated carbocycles. The second-order valence-corrected chi connectivity index (χ2v) is 15.2. The molecular weight excluding hydrogens is 804 g/mol. The first-order valence-corrected chi connectivity index (χ1v) is 18.9. The molecular formula is C43H45BrO13. The Hall–Kier alpha value is -5.31. The standard InChI is InChI=1S/C43H45BrO13/c1-18-15-29(33(27-11-13-54-14-12-27)26(9)31(18)40(49)56-37-23(6)20(3)32(39(47)48)21(4)24(37)7)55-41(50)34-22(5)25(8)38(35(44)36(34)46)57-42(51)43(52)19(2)16-28(45)17-30(43)53-10/h15-17,27,46,52H,11-14H2,1-10H3,(H,47,48)/t43-/m1/s1. The maximum atomic E-state index is 14.1. The van der Waals surface area contributed by atoms with Crippen molar-refractivity contribution in [1.82, 2.24) is 0 Å². The summed E-state index contributed by atoms with van der Waals surface area (Å²) in [5.41, 5.74) is 1.76. The number of carboxylic acid groups (broad SMARTS) is 1. The second-order valence-electron chi connectivity index (χ2n) is 14.4. The molecule has 57 heavy (non-hydrogen) atoms. The molecule has 13 nitrogen and oxygen atoms in total. The topological polar surface area (TPSA) is 192 Å². The average Bonchev–Trinajstić information content (AvgIpc) is 3.15. The number of aromatic carboxylic acids is 1. The fourth-order valence-electron chi connectivity index (χ4n) is 7.61. The van der Waals surface area contributed by atoms with Crippen LogP contribution in [0.3, 0.4) is 0 Å². The summed E-state index contributed by atoms with van der Waals surface area (Å²) in [6.45, 7) is 15.5. The summed E-state index contributed by atoms with van der Waals surface area (Å²) in [6.07, 6.45) is 3.18. The highest BCUT2D eigenvalue weighted by atomic mass is 79.9. The second kappa shape index (κ2) is 16.3. The zero-order valence-corrected chi connectivity index (χ0v) is 35.0. The van der Waals surface area contributed by atoms with Gasteiger partial charge in [-0.1, -0.05) is 0 Å². The van der Waals surface area contributed by atoms with Gasteiger partial charge in [-0.15, -0.1) is 0 Å². The fraction of sp³-hybridized carbons (Fsp3) is 0.372. The van der Waals surface area contributed by atoms with Gasteiger partial charge in [-0.2, -0.15) is 0 Å². The molecule has 0 radical (unpaired) electrons. The number of esters is 3. The number of ketones is 1. The van der Waals surface area contributed by atoms with Crippen LogP contribution in [0.15, 0.2) is 34.0 Å². The Morgan fingerprint density at radius 3 is 1.86 bits per heavy atom. The molecule has 2 aliphatic rings. The summed E-state index contributed by atoms with van der Waals surface area (Å²) in [6, 6.07) is 1.58. The number of carbonyl (C=O) groups excluding carboxylic acids is 4. The van der Waals surface area contributed by atoms with Gasteiger partial charge in [0.1, 0.15) is 33.0 Å².